The van der Waals surface area contributed by atoms with E-state index in [1.54, 1.807) is 6.07 Å². The van der Waals surface area contributed by atoms with Gasteiger partial charge < -0.3 is 4.90 Å². The molecule has 1 aliphatic heterocycles. The van der Waals surface area contributed by atoms with Crippen molar-refractivity contribution in [3.05, 3.63) is 34.1 Å². The molecule has 1 aliphatic rings. The maximum Gasteiger partial charge on any atom is 0.272 e. The van der Waals surface area contributed by atoms with Crippen molar-refractivity contribution in [3.63, 3.8) is 0 Å². The second-order valence-electron chi connectivity index (χ2n) is 5.43. The number of hydrogen-bond donors (Lipinski definition) is 0. The predicted molar refractivity (Wildman–Crippen MR) is 77.6 cm³/mol. The van der Waals surface area contributed by atoms with E-state index >= 15 is 0 Å². The predicted octanol–water partition coefficient (Wildman–Crippen LogP) is 4.28. The minimum atomic E-state index is -0.560. The molecule has 0 saturated carbocycles. The molecule has 1 saturated heterocycles. The van der Waals surface area contributed by atoms with Crippen LogP contribution in [0.4, 0.5) is 15.8 Å². The van der Waals surface area contributed by atoms with Crippen molar-refractivity contribution >= 4 is 11.4 Å². The van der Waals surface area contributed by atoms with Crippen LogP contribution in [0.5, 0.6) is 0 Å². The summed E-state index contributed by atoms with van der Waals surface area (Å²) in [7, 11) is 0. The van der Waals surface area contributed by atoms with Crippen LogP contribution in [-0.4, -0.2) is 17.0 Å². The first kappa shape index (κ1) is 14.8. The van der Waals surface area contributed by atoms with Gasteiger partial charge in [0.25, 0.3) is 5.69 Å². The van der Waals surface area contributed by atoms with Gasteiger partial charge in [-0.25, -0.2) is 4.39 Å². The van der Waals surface area contributed by atoms with Gasteiger partial charge in [-0.15, -0.1) is 0 Å². The van der Waals surface area contributed by atoms with Crippen LogP contribution in [0, 0.1) is 15.9 Å². The highest BCUT2D eigenvalue weighted by molar-refractivity contribution is 5.54. The molecule has 0 N–H and O–H groups in total. The first-order valence-electron chi connectivity index (χ1n) is 7.25. The molecule has 0 atom stereocenters. The molecule has 4 nitrogen and oxygen atoms in total. The third-order valence-electron chi connectivity index (χ3n) is 4.60. The van der Waals surface area contributed by atoms with Crippen molar-refractivity contribution in [1.29, 1.82) is 0 Å². The lowest BCUT2D eigenvalue weighted by molar-refractivity contribution is -0.385. The Labute approximate surface area is 118 Å². The number of piperidine rings is 1. The van der Waals surface area contributed by atoms with Crippen molar-refractivity contribution in [1.82, 2.24) is 0 Å². The smallest absolute Gasteiger partial charge is 0.272 e. The second-order valence-corrected chi connectivity index (χ2v) is 5.43. The third kappa shape index (κ3) is 2.49. The maximum absolute atomic E-state index is 14.3. The average Bonchev–Trinajstić information content (AvgIpc) is 2.47. The van der Waals surface area contributed by atoms with Gasteiger partial charge in [0, 0.05) is 18.2 Å². The largest absolute Gasteiger partial charge is 0.364 e. The minimum Gasteiger partial charge on any atom is -0.364 e. The van der Waals surface area contributed by atoms with Gasteiger partial charge in [-0.1, -0.05) is 13.8 Å². The number of nitrogens with zero attached hydrogens (tertiary/aromatic N) is 2. The van der Waals surface area contributed by atoms with Crippen LogP contribution >= 0.6 is 0 Å². The second kappa shape index (κ2) is 5.77. The minimum absolute atomic E-state index is 0.0186. The fourth-order valence-corrected chi connectivity index (χ4v) is 3.29. The van der Waals surface area contributed by atoms with Crippen molar-refractivity contribution in [2.45, 2.75) is 51.5 Å². The quantitative estimate of drug-likeness (QED) is 0.610. The number of rotatable bonds is 4. The van der Waals surface area contributed by atoms with E-state index in [9.17, 15) is 14.5 Å². The Kier molecular flexibility index (Phi) is 4.26. The van der Waals surface area contributed by atoms with E-state index in [0.717, 1.165) is 44.7 Å². The van der Waals surface area contributed by atoms with E-state index in [1.165, 1.54) is 6.07 Å². The molecule has 0 amide bonds. The zero-order chi connectivity index (χ0) is 14.8. The molecule has 0 radical (unpaired) electrons. The van der Waals surface area contributed by atoms with E-state index in [1.807, 2.05) is 0 Å². The summed E-state index contributed by atoms with van der Waals surface area (Å²) in [5.74, 6) is -0.493. The van der Waals surface area contributed by atoms with Gasteiger partial charge in [-0.2, -0.15) is 0 Å². The SMILES string of the molecule is CCC1(CC)CCCCN1c1ccc([N+](=O)[O-])cc1F. The van der Waals surface area contributed by atoms with E-state index in [-0.39, 0.29) is 11.2 Å². The molecule has 1 aromatic rings. The number of halogens is 1. The van der Waals surface area contributed by atoms with Gasteiger partial charge in [-0.3, -0.25) is 10.1 Å². The third-order valence-corrected chi connectivity index (χ3v) is 4.60. The first-order chi connectivity index (χ1) is 9.54. The van der Waals surface area contributed by atoms with Crippen LogP contribution in [0.1, 0.15) is 46.0 Å². The Balaban J connectivity index is 2.40. The molecule has 0 unspecified atom stereocenters. The summed E-state index contributed by atoms with van der Waals surface area (Å²) in [6, 6.07) is 3.97. The van der Waals surface area contributed by atoms with E-state index in [4.69, 9.17) is 0 Å². The van der Waals surface area contributed by atoms with Gasteiger partial charge in [0.05, 0.1) is 16.7 Å². The van der Waals surface area contributed by atoms with E-state index < -0.39 is 10.7 Å². The van der Waals surface area contributed by atoms with Gasteiger partial charge in [0.15, 0.2) is 5.82 Å². The molecule has 110 valence electrons. The topological polar surface area (TPSA) is 46.4 Å². The van der Waals surface area contributed by atoms with Crippen LogP contribution in [-0.2, 0) is 0 Å². The monoisotopic (exact) mass is 280 g/mol. The molecular formula is C15H21FN2O2. The molecule has 0 spiro atoms. The Morgan fingerprint density at radius 2 is 2.05 bits per heavy atom. The number of anilines is 1. The van der Waals surface area contributed by atoms with E-state index in [0.29, 0.717) is 5.69 Å². The lowest BCUT2D eigenvalue weighted by Crippen LogP contribution is -2.51. The Hall–Kier alpha value is -1.65. The molecule has 20 heavy (non-hydrogen) atoms. The van der Waals surface area contributed by atoms with Crippen molar-refractivity contribution in [2.75, 3.05) is 11.4 Å². The van der Waals surface area contributed by atoms with Crippen LogP contribution in [0.3, 0.4) is 0 Å². The van der Waals surface area contributed by atoms with Gasteiger partial charge >= 0.3 is 0 Å². The number of hydrogen-bond acceptors (Lipinski definition) is 3. The lowest BCUT2D eigenvalue weighted by Gasteiger charge is -2.48. The lowest BCUT2D eigenvalue weighted by atomic mass is 9.81. The molecule has 1 fully saturated rings. The normalized spacial score (nSPS) is 18.1. The number of non-ortho nitro benzene ring substituents is 1. The standard InChI is InChI=1S/C15H21FN2O2/c1-3-15(4-2)9-5-6-10-17(15)14-8-7-12(18(19)20)11-13(14)16/h7-8,11H,3-6,9-10H2,1-2H3. The molecule has 0 aliphatic carbocycles. The highest BCUT2D eigenvalue weighted by atomic mass is 19.1. The Morgan fingerprint density at radius 1 is 1.35 bits per heavy atom. The molecule has 1 heterocycles. The summed E-state index contributed by atoms with van der Waals surface area (Å²) in [4.78, 5) is 12.3. The molecule has 1 aromatic carbocycles. The van der Waals surface area contributed by atoms with Crippen molar-refractivity contribution in [3.8, 4) is 0 Å². The summed E-state index contributed by atoms with van der Waals surface area (Å²) in [5, 5.41) is 10.7. The molecule has 2 rings (SSSR count). The molecule has 0 aromatic heterocycles. The van der Waals surface area contributed by atoms with E-state index in [2.05, 4.69) is 18.7 Å². The molecule has 0 bridgehead atoms. The van der Waals surface area contributed by atoms with Crippen LogP contribution < -0.4 is 4.90 Å². The van der Waals surface area contributed by atoms with Gasteiger partial charge in [0.1, 0.15) is 0 Å². The number of nitro groups is 1. The highest BCUT2D eigenvalue weighted by Crippen LogP contribution is 2.39. The number of benzene rings is 1. The first-order valence-corrected chi connectivity index (χ1v) is 7.25. The molecular weight excluding hydrogens is 259 g/mol. The summed E-state index contributed by atoms with van der Waals surface area (Å²) in [6.45, 7) is 5.08. The number of nitro benzene ring substituents is 1. The zero-order valence-electron chi connectivity index (χ0n) is 12.1. The van der Waals surface area contributed by atoms with Gasteiger partial charge in [-0.05, 0) is 38.2 Å². The summed E-state index contributed by atoms with van der Waals surface area (Å²) in [6.07, 6.45) is 5.17. The average molecular weight is 280 g/mol. The van der Waals surface area contributed by atoms with Gasteiger partial charge in [0.2, 0.25) is 0 Å². The summed E-state index contributed by atoms with van der Waals surface area (Å²) in [5.41, 5.74) is 0.288. The Morgan fingerprint density at radius 3 is 2.60 bits per heavy atom. The maximum atomic E-state index is 14.3. The van der Waals surface area contributed by atoms with Crippen molar-refractivity contribution in [2.24, 2.45) is 0 Å². The summed E-state index contributed by atoms with van der Waals surface area (Å²) >= 11 is 0. The van der Waals surface area contributed by atoms with Crippen LogP contribution in [0.2, 0.25) is 0 Å². The van der Waals surface area contributed by atoms with Crippen LogP contribution in [0.15, 0.2) is 18.2 Å². The Bertz CT molecular complexity index is 501. The molecule has 5 heteroatoms. The summed E-state index contributed by atoms with van der Waals surface area (Å²) < 4.78 is 14.3. The zero-order valence-corrected chi connectivity index (χ0v) is 12.1. The van der Waals surface area contributed by atoms with Crippen molar-refractivity contribution < 1.29 is 9.31 Å². The fraction of sp³-hybridized carbons (Fsp3) is 0.600. The van der Waals surface area contributed by atoms with Crippen LogP contribution in [0.25, 0.3) is 0 Å². The highest BCUT2D eigenvalue weighted by Gasteiger charge is 2.37. The fourth-order valence-electron chi connectivity index (χ4n) is 3.29.